The Hall–Kier alpha value is -1.79. The van der Waals surface area contributed by atoms with Crippen LogP contribution < -0.4 is 0 Å². The van der Waals surface area contributed by atoms with E-state index in [9.17, 15) is 14.9 Å². The molecule has 6 heteroatoms. The summed E-state index contributed by atoms with van der Waals surface area (Å²) in [5.41, 5.74) is 1.04. The van der Waals surface area contributed by atoms with E-state index in [0.717, 1.165) is 31.2 Å². The molecule has 142 valence electrons. The predicted molar refractivity (Wildman–Crippen MR) is 96.6 cm³/mol. The Bertz CT molecular complexity index is 669. The van der Waals surface area contributed by atoms with Crippen LogP contribution in [0.25, 0.3) is 0 Å². The molecule has 1 aromatic carbocycles. The second-order valence-electron chi connectivity index (χ2n) is 8.03. The molecule has 0 bridgehead atoms. The Morgan fingerprint density at radius 3 is 2.54 bits per heavy atom. The molecule has 0 N–H and O–H groups in total. The first-order valence-corrected chi connectivity index (χ1v) is 9.34. The Labute approximate surface area is 154 Å². The highest BCUT2D eigenvalue weighted by Crippen LogP contribution is 2.48. The highest BCUT2D eigenvalue weighted by molar-refractivity contribution is 5.75. The zero-order chi connectivity index (χ0) is 18.9. The molecular weight excluding hydrogens is 334 g/mol. The van der Waals surface area contributed by atoms with E-state index in [2.05, 4.69) is 0 Å². The molecule has 2 aliphatic rings. The van der Waals surface area contributed by atoms with Crippen molar-refractivity contribution in [2.45, 2.75) is 70.9 Å². The van der Waals surface area contributed by atoms with Crippen LogP contribution in [0, 0.1) is 22.0 Å². The summed E-state index contributed by atoms with van der Waals surface area (Å²) in [5.74, 6) is 0.250. The number of hydrogen-bond acceptors (Lipinski definition) is 5. The van der Waals surface area contributed by atoms with E-state index >= 15 is 0 Å². The van der Waals surface area contributed by atoms with Crippen LogP contribution in [0.1, 0.15) is 64.5 Å². The van der Waals surface area contributed by atoms with Crippen LogP contribution in [-0.4, -0.2) is 22.6 Å². The molecule has 3 rings (SSSR count). The van der Waals surface area contributed by atoms with E-state index in [0.29, 0.717) is 12.3 Å². The van der Waals surface area contributed by atoms with Crippen molar-refractivity contribution in [3.8, 4) is 0 Å². The molecule has 0 spiro atoms. The maximum absolute atomic E-state index is 11.3. The smallest absolute Gasteiger partial charge is 0.269 e. The first-order chi connectivity index (χ1) is 12.2. The van der Waals surface area contributed by atoms with Crippen molar-refractivity contribution in [2.24, 2.45) is 11.8 Å². The van der Waals surface area contributed by atoms with Gasteiger partial charge in [0.05, 0.1) is 17.1 Å². The van der Waals surface area contributed by atoms with Crippen molar-refractivity contribution >= 4 is 11.5 Å². The summed E-state index contributed by atoms with van der Waals surface area (Å²) in [6, 6.07) is 6.65. The highest BCUT2D eigenvalue weighted by Gasteiger charge is 2.46. The number of carbonyl (C=O) groups excluding carboxylic acids is 1. The molecular formula is C20H27NO5. The van der Waals surface area contributed by atoms with Crippen molar-refractivity contribution in [3.63, 3.8) is 0 Å². The summed E-state index contributed by atoms with van der Waals surface area (Å²) in [4.78, 5) is 21.8. The van der Waals surface area contributed by atoms with Gasteiger partial charge in [-0.05, 0) is 70.1 Å². The van der Waals surface area contributed by atoms with E-state index in [1.165, 1.54) is 12.1 Å². The maximum atomic E-state index is 11.3. The fourth-order valence-electron chi connectivity index (χ4n) is 4.29. The Balaban J connectivity index is 1.80. The van der Waals surface area contributed by atoms with Gasteiger partial charge in [0.2, 0.25) is 0 Å². The average molecular weight is 361 g/mol. The molecule has 1 aliphatic carbocycles. The van der Waals surface area contributed by atoms with Crippen LogP contribution in [0.5, 0.6) is 0 Å². The SMILES string of the molecule is CC(=O)CC[C@H]1CCC2OC(C)(C)O[C@H](c3ccc([N+](=O)[O-])cc3)C2C1. The first-order valence-electron chi connectivity index (χ1n) is 9.34. The largest absolute Gasteiger partial charge is 0.347 e. The van der Waals surface area contributed by atoms with E-state index in [4.69, 9.17) is 9.47 Å². The summed E-state index contributed by atoms with van der Waals surface area (Å²) < 4.78 is 12.4. The van der Waals surface area contributed by atoms with Crippen molar-refractivity contribution in [1.29, 1.82) is 0 Å². The van der Waals surface area contributed by atoms with Crippen molar-refractivity contribution < 1.29 is 19.2 Å². The third kappa shape index (κ3) is 4.30. The van der Waals surface area contributed by atoms with Gasteiger partial charge >= 0.3 is 0 Å². The number of Topliss-reactive ketones (excluding diaryl/α,β-unsaturated/α-hetero) is 1. The maximum Gasteiger partial charge on any atom is 0.269 e. The zero-order valence-corrected chi connectivity index (χ0v) is 15.6. The Kier molecular flexibility index (Phi) is 5.44. The van der Waals surface area contributed by atoms with Crippen LogP contribution in [0.4, 0.5) is 5.69 Å². The van der Waals surface area contributed by atoms with E-state index in [1.807, 2.05) is 13.8 Å². The lowest BCUT2D eigenvalue weighted by atomic mass is 9.73. The number of hydrogen-bond donors (Lipinski definition) is 0. The third-order valence-corrected chi connectivity index (χ3v) is 5.51. The number of ether oxygens (including phenoxy) is 2. The fraction of sp³-hybridized carbons (Fsp3) is 0.650. The second kappa shape index (κ2) is 7.45. The molecule has 2 unspecified atom stereocenters. The third-order valence-electron chi connectivity index (χ3n) is 5.51. The molecule has 0 radical (unpaired) electrons. The molecule has 1 aromatic rings. The molecule has 1 heterocycles. The van der Waals surface area contributed by atoms with Gasteiger partial charge in [-0.2, -0.15) is 0 Å². The van der Waals surface area contributed by atoms with Crippen LogP contribution >= 0.6 is 0 Å². The lowest BCUT2D eigenvalue weighted by molar-refractivity contribution is -0.384. The zero-order valence-electron chi connectivity index (χ0n) is 15.6. The molecule has 1 saturated carbocycles. The summed E-state index contributed by atoms with van der Waals surface area (Å²) in [7, 11) is 0. The van der Waals surface area contributed by atoms with Crippen molar-refractivity contribution in [1.82, 2.24) is 0 Å². The van der Waals surface area contributed by atoms with Gasteiger partial charge in [-0.15, -0.1) is 0 Å². The number of rotatable bonds is 5. The second-order valence-corrected chi connectivity index (χ2v) is 8.03. The van der Waals surface area contributed by atoms with Gasteiger partial charge in [-0.25, -0.2) is 0 Å². The molecule has 4 atom stereocenters. The minimum atomic E-state index is -0.681. The van der Waals surface area contributed by atoms with Crippen molar-refractivity contribution in [3.05, 3.63) is 39.9 Å². The molecule has 26 heavy (non-hydrogen) atoms. The number of benzene rings is 1. The molecule has 2 fully saturated rings. The molecule has 0 aromatic heterocycles. The molecule has 1 saturated heterocycles. The number of fused-ring (bicyclic) bond motifs is 1. The Morgan fingerprint density at radius 1 is 1.23 bits per heavy atom. The van der Waals surface area contributed by atoms with Crippen LogP contribution in [0.15, 0.2) is 24.3 Å². The highest BCUT2D eigenvalue weighted by atomic mass is 16.7. The normalized spacial score (nSPS) is 30.4. The van der Waals surface area contributed by atoms with E-state index in [1.54, 1.807) is 19.1 Å². The van der Waals surface area contributed by atoms with Crippen LogP contribution in [0.2, 0.25) is 0 Å². The van der Waals surface area contributed by atoms with Gasteiger partial charge in [0.25, 0.3) is 5.69 Å². The number of nitro groups is 1. The lowest BCUT2D eigenvalue weighted by Crippen LogP contribution is -2.49. The number of nitro benzene ring substituents is 1. The van der Waals surface area contributed by atoms with Crippen molar-refractivity contribution in [2.75, 3.05) is 0 Å². The fourth-order valence-corrected chi connectivity index (χ4v) is 4.29. The number of nitrogens with zero attached hydrogens (tertiary/aromatic N) is 1. The first kappa shape index (κ1) is 19.0. The number of non-ortho nitro benzene ring substituents is 1. The molecule has 6 nitrogen and oxygen atoms in total. The number of ketones is 1. The van der Waals surface area contributed by atoms with E-state index < -0.39 is 5.79 Å². The van der Waals surface area contributed by atoms with E-state index in [-0.39, 0.29) is 34.5 Å². The van der Waals surface area contributed by atoms with Gasteiger partial charge in [0.1, 0.15) is 5.78 Å². The topological polar surface area (TPSA) is 78.7 Å². The quantitative estimate of drug-likeness (QED) is 0.567. The molecule has 0 amide bonds. The molecule has 1 aliphatic heterocycles. The minimum absolute atomic E-state index is 0.0830. The van der Waals surface area contributed by atoms with Crippen LogP contribution in [0.3, 0.4) is 0 Å². The summed E-state index contributed by atoms with van der Waals surface area (Å²) in [5, 5.41) is 10.9. The predicted octanol–water partition coefficient (Wildman–Crippen LogP) is 4.57. The monoisotopic (exact) mass is 361 g/mol. The van der Waals surface area contributed by atoms with Gasteiger partial charge in [-0.1, -0.05) is 0 Å². The van der Waals surface area contributed by atoms with Gasteiger partial charge in [0, 0.05) is 24.5 Å². The van der Waals surface area contributed by atoms with Gasteiger partial charge in [0.15, 0.2) is 5.79 Å². The Morgan fingerprint density at radius 2 is 1.92 bits per heavy atom. The summed E-state index contributed by atoms with van der Waals surface area (Å²) in [6.45, 7) is 5.48. The van der Waals surface area contributed by atoms with Gasteiger partial charge < -0.3 is 14.3 Å². The average Bonchev–Trinajstić information content (AvgIpc) is 2.58. The standard InChI is InChI=1S/C20H27NO5/c1-13(22)4-5-14-6-11-18-17(12-14)19(26-20(2,3)25-18)15-7-9-16(10-8-15)21(23)24/h7-10,14,17-19H,4-6,11-12H2,1-3H3/t14-,17?,18?,19+/m0/s1. The lowest BCUT2D eigenvalue weighted by Gasteiger charge is -2.49. The summed E-state index contributed by atoms with van der Waals surface area (Å²) >= 11 is 0. The number of carbonyl (C=O) groups is 1. The summed E-state index contributed by atoms with van der Waals surface area (Å²) in [6.07, 6.45) is 4.49. The van der Waals surface area contributed by atoms with Gasteiger partial charge in [-0.3, -0.25) is 10.1 Å². The minimum Gasteiger partial charge on any atom is -0.347 e. The van der Waals surface area contributed by atoms with Crippen LogP contribution in [-0.2, 0) is 14.3 Å².